The van der Waals surface area contributed by atoms with Crippen molar-refractivity contribution in [1.29, 1.82) is 0 Å². The minimum Gasteiger partial charge on any atom is -0.491 e. The Kier molecular flexibility index (Phi) is 31.5. The molecule has 0 aliphatic rings. The predicted molar refractivity (Wildman–Crippen MR) is 179 cm³/mol. The van der Waals surface area contributed by atoms with Crippen molar-refractivity contribution >= 4 is 0 Å². The first kappa shape index (κ1) is 41.7. The van der Waals surface area contributed by atoms with Crippen molar-refractivity contribution < 1.29 is 42.6 Å². The summed E-state index contributed by atoms with van der Waals surface area (Å²) in [5.74, 6) is 0.891. The Balaban J connectivity index is 1.72. The number of nitrogens with zero attached hydrogens (tertiary/aromatic N) is 1. The fraction of sp³-hybridized carbons (Fsp3) is 0.829. The van der Waals surface area contributed by atoms with Gasteiger partial charge in [0.25, 0.3) is 0 Å². The Labute approximate surface area is 274 Å². The normalized spacial score (nSPS) is 11.6. The Hall–Kier alpha value is -1.34. The maximum atomic E-state index is 5.78. The van der Waals surface area contributed by atoms with Crippen LogP contribution in [0.25, 0.3) is 0 Å². The Bertz CT molecular complexity index is 709. The van der Waals surface area contributed by atoms with Gasteiger partial charge in [-0.2, -0.15) is 0 Å². The van der Waals surface area contributed by atoms with Gasteiger partial charge in [-0.25, -0.2) is 0 Å². The molecule has 0 saturated carbocycles. The molecule has 0 heterocycles. The van der Waals surface area contributed by atoms with Crippen LogP contribution in [0.1, 0.15) is 57.4 Å². The van der Waals surface area contributed by atoms with Crippen molar-refractivity contribution in [2.24, 2.45) is 0 Å². The van der Waals surface area contributed by atoms with Crippen molar-refractivity contribution in [3.8, 4) is 5.75 Å². The second kappa shape index (κ2) is 34.0. The van der Waals surface area contributed by atoms with E-state index in [9.17, 15) is 0 Å². The summed E-state index contributed by atoms with van der Waals surface area (Å²) in [6, 6.07) is 8.46. The van der Waals surface area contributed by atoms with Gasteiger partial charge in [0, 0.05) is 6.54 Å². The summed E-state index contributed by atoms with van der Waals surface area (Å²) in [4.78, 5) is 2.09. The third kappa shape index (κ3) is 31.0. The number of aryl methyl sites for hydroxylation is 1. The summed E-state index contributed by atoms with van der Waals surface area (Å²) in [5.41, 5.74) is 1.38. The van der Waals surface area contributed by atoms with Gasteiger partial charge in [-0.15, -0.1) is 0 Å². The van der Waals surface area contributed by atoms with Crippen LogP contribution < -0.4 is 4.74 Å². The molecule has 1 aromatic carbocycles. The van der Waals surface area contributed by atoms with E-state index < -0.39 is 0 Å². The van der Waals surface area contributed by atoms with Gasteiger partial charge < -0.3 is 47.5 Å². The highest BCUT2D eigenvalue weighted by Crippen LogP contribution is 2.15. The lowest BCUT2D eigenvalue weighted by atomic mass is 10.0. The van der Waals surface area contributed by atoms with E-state index in [1.807, 2.05) is 14.1 Å². The van der Waals surface area contributed by atoms with E-state index in [0.29, 0.717) is 106 Å². The van der Waals surface area contributed by atoms with Gasteiger partial charge in [0.05, 0.1) is 106 Å². The maximum absolute atomic E-state index is 5.78. The van der Waals surface area contributed by atoms with Crippen LogP contribution >= 0.6 is 0 Å². The minimum absolute atomic E-state index is 0.529. The van der Waals surface area contributed by atoms with Gasteiger partial charge in [0.1, 0.15) is 12.4 Å². The predicted octanol–water partition coefficient (Wildman–Crippen LogP) is 5.05. The SMILES string of the molecule is CCCCCCCCCc1ccc(OCCOCCOCCOCCOCCOCCOCCOCCOCCN(C)C)cc1. The van der Waals surface area contributed by atoms with E-state index in [2.05, 4.69) is 36.1 Å². The first-order valence-electron chi connectivity index (χ1n) is 17.2. The number of ether oxygens (including phenoxy) is 9. The van der Waals surface area contributed by atoms with E-state index >= 15 is 0 Å². The van der Waals surface area contributed by atoms with Crippen molar-refractivity contribution in [2.45, 2.75) is 58.3 Å². The van der Waals surface area contributed by atoms with Gasteiger partial charge in [-0.3, -0.25) is 0 Å². The van der Waals surface area contributed by atoms with Gasteiger partial charge in [-0.1, -0.05) is 57.6 Å². The number of hydrogen-bond donors (Lipinski definition) is 0. The fourth-order valence-electron chi connectivity index (χ4n) is 4.15. The number of unbranched alkanes of at least 4 members (excludes halogenated alkanes) is 6. The molecule has 0 saturated heterocycles. The zero-order chi connectivity index (χ0) is 32.3. The quantitative estimate of drug-likeness (QED) is 0.0926. The Morgan fingerprint density at radius 2 is 0.778 bits per heavy atom. The largest absolute Gasteiger partial charge is 0.491 e. The highest BCUT2D eigenvalue weighted by Gasteiger charge is 1.99. The zero-order valence-electron chi connectivity index (χ0n) is 28.8. The Morgan fingerprint density at radius 1 is 0.422 bits per heavy atom. The molecule has 0 aromatic heterocycles. The fourth-order valence-corrected chi connectivity index (χ4v) is 4.15. The standard InChI is InChI=1S/C35H65NO9/c1-4-5-6-7-8-9-10-11-34-12-14-35(15-13-34)45-33-32-44-31-30-43-29-28-42-27-26-41-25-24-40-23-22-39-21-20-38-19-18-37-17-16-36(2)3/h12-15H,4-11,16-33H2,1-3H3. The van der Waals surface area contributed by atoms with Gasteiger partial charge in [0.2, 0.25) is 0 Å². The van der Waals surface area contributed by atoms with E-state index in [1.54, 1.807) is 0 Å². The molecule has 0 aliphatic carbocycles. The lowest BCUT2D eigenvalue weighted by Gasteiger charge is -2.10. The molecule has 0 unspecified atom stereocenters. The molecule has 0 fully saturated rings. The molecular weight excluding hydrogens is 578 g/mol. The summed E-state index contributed by atoms with van der Waals surface area (Å²) in [7, 11) is 4.05. The number of hydrogen-bond acceptors (Lipinski definition) is 10. The summed E-state index contributed by atoms with van der Waals surface area (Å²) in [6.07, 6.45) is 10.5. The van der Waals surface area contributed by atoms with Crippen molar-refractivity contribution in [3.63, 3.8) is 0 Å². The average Bonchev–Trinajstić information content (AvgIpc) is 3.04. The summed E-state index contributed by atoms with van der Waals surface area (Å²) >= 11 is 0. The molecule has 1 rings (SSSR count). The molecule has 0 atom stereocenters. The van der Waals surface area contributed by atoms with E-state index in [4.69, 9.17) is 42.6 Å². The Morgan fingerprint density at radius 3 is 1.18 bits per heavy atom. The molecule has 0 bridgehead atoms. The van der Waals surface area contributed by atoms with Gasteiger partial charge in [0.15, 0.2) is 0 Å². The monoisotopic (exact) mass is 643 g/mol. The molecule has 1 aromatic rings. The molecular formula is C35H65NO9. The first-order chi connectivity index (χ1) is 22.2. The summed E-state index contributed by atoms with van der Waals surface area (Å²) in [6.45, 7) is 12.6. The third-order valence-electron chi connectivity index (χ3n) is 6.78. The van der Waals surface area contributed by atoms with Crippen molar-refractivity contribution in [1.82, 2.24) is 4.90 Å². The van der Waals surface area contributed by atoms with Crippen molar-refractivity contribution in [2.75, 3.05) is 133 Å². The lowest BCUT2D eigenvalue weighted by molar-refractivity contribution is -0.0238. The molecule has 10 nitrogen and oxygen atoms in total. The van der Waals surface area contributed by atoms with Crippen LogP contribution in [0.4, 0.5) is 0 Å². The third-order valence-corrected chi connectivity index (χ3v) is 6.78. The topological polar surface area (TPSA) is 86.3 Å². The van der Waals surface area contributed by atoms with E-state index in [0.717, 1.165) is 25.3 Å². The van der Waals surface area contributed by atoms with E-state index in [-0.39, 0.29) is 0 Å². The van der Waals surface area contributed by atoms with Crippen LogP contribution in [0, 0.1) is 0 Å². The van der Waals surface area contributed by atoms with Crippen LogP contribution in [-0.4, -0.2) is 138 Å². The highest BCUT2D eigenvalue weighted by atomic mass is 16.6. The number of likely N-dealkylation sites (N-methyl/N-ethyl adjacent to an activating group) is 1. The maximum Gasteiger partial charge on any atom is 0.119 e. The molecule has 0 spiro atoms. The minimum atomic E-state index is 0.529. The average molecular weight is 644 g/mol. The van der Waals surface area contributed by atoms with Crippen molar-refractivity contribution in [3.05, 3.63) is 29.8 Å². The summed E-state index contributed by atoms with van der Waals surface area (Å²) < 4.78 is 49.8. The van der Waals surface area contributed by atoms with Crippen LogP contribution in [0.5, 0.6) is 5.75 Å². The molecule has 45 heavy (non-hydrogen) atoms. The van der Waals surface area contributed by atoms with Gasteiger partial charge >= 0.3 is 0 Å². The molecule has 0 N–H and O–H groups in total. The molecule has 0 aliphatic heterocycles. The smallest absolute Gasteiger partial charge is 0.119 e. The molecule has 10 heteroatoms. The van der Waals surface area contributed by atoms with Crippen LogP contribution in [0.15, 0.2) is 24.3 Å². The van der Waals surface area contributed by atoms with Crippen LogP contribution in [0.3, 0.4) is 0 Å². The molecule has 0 radical (unpaired) electrons. The highest BCUT2D eigenvalue weighted by molar-refractivity contribution is 5.27. The first-order valence-corrected chi connectivity index (χ1v) is 17.2. The summed E-state index contributed by atoms with van der Waals surface area (Å²) in [5, 5.41) is 0. The molecule has 264 valence electrons. The number of benzene rings is 1. The lowest BCUT2D eigenvalue weighted by Crippen LogP contribution is -2.19. The second-order valence-corrected chi connectivity index (χ2v) is 11.1. The number of rotatable bonds is 36. The molecule has 0 amide bonds. The second-order valence-electron chi connectivity index (χ2n) is 11.1. The van der Waals surface area contributed by atoms with Crippen LogP contribution in [-0.2, 0) is 44.3 Å². The zero-order valence-corrected chi connectivity index (χ0v) is 28.8. The van der Waals surface area contributed by atoms with Gasteiger partial charge in [-0.05, 0) is 44.6 Å². The van der Waals surface area contributed by atoms with Crippen LogP contribution in [0.2, 0.25) is 0 Å². The van der Waals surface area contributed by atoms with E-state index in [1.165, 1.54) is 50.5 Å².